The molecule has 4 heteroatoms. The molecule has 0 fully saturated rings. The average Bonchev–Trinajstić information content (AvgIpc) is 2.28. The van der Waals surface area contributed by atoms with Gasteiger partial charge in [0.25, 0.3) is 0 Å². The van der Waals surface area contributed by atoms with Crippen LogP contribution in [0.4, 0.5) is 13.2 Å². The normalized spacial score (nSPS) is 15.6. The summed E-state index contributed by atoms with van der Waals surface area (Å²) < 4.78 is 37.6. The van der Waals surface area contributed by atoms with Gasteiger partial charge in [-0.1, -0.05) is 32.0 Å². The molecular weight excluding hydrogens is 227 g/mol. The summed E-state index contributed by atoms with van der Waals surface area (Å²) in [5.74, 6) is 0. The number of hydrogen-bond acceptors (Lipinski definition) is 1. The minimum atomic E-state index is -4.28. The highest BCUT2D eigenvalue weighted by Crippen LogP contribution is 2.31. The summed E-state index contributed by atoms with van der Waals surface area (Å²) in [5, 5.41) is 0. The third kappa shape index (κ3) is 3.73. The van der Waals surface area contributed by atoms with Gasteiger partial charge in [0.05, 0.1) is 5.56 Å². The van der Waals surface area contributed by atoms with Gasteiger partial charge in [-0.2, -0.15) is 13.2 Å². The van der Waals surface area contributed by atoms with E-state index in [0.29, 0.717) is 18.5 Å². The van der Waals surface area contributed by atoms with Gasteiger partial charge in [-0.25, -0.2) is 0 Å². The largest absolute Gasteiger partial charge is 0.416 e. The molecule has 0 aromatic heterocycles. The number of nitrogens with two attached hydrogens (primary N) is 1. The second-order valence-electron chi connectivity index (χ2n) is 4.74. The van der Waals surface area contributed by atoms with Crippen LogP contribution in [0.1, 0.15) is 31.4 Å². The van der Waals surface area contributed by atoms with Crippen molar-refractivity contribution in [1.29, 1.82) is 0 Å². The van der Waals surface area contributed by atoms with Crippen LogP contribution in [0.5, 0.6) is 0 Å². The minimum absolute atomic E-state index is 0.135. The van der Waals surface area contributed by atoms with E-state index in [9.17, 15) is 13.2 Å². The molecule has 0 aliphatic rings. The average molecular weight is 245 g/mol. The quantitative estimate of drug-likeness (QED) is 0.861. The van der Waals surface area contributed by atoms with E-state index >= 15 is 0 Å². The maximum absolute atomic E-state index is 12.5. The zero-order chi connectivity index (χ0) is 13.1. The van der Waals surface area contributed by atoms with Gasteiger partial charge >= 0.3 is 6.18 Å². The van der Waals surface area contributed by atoms with Crippen LogP contribution in [-0.4, -0.2) is 6.54 Å². The predicted molar refractivity (Wildman–Crippen MR) is 62.6 cm³/mol. The lowest BCUT2D eigenvalue weighted by molar-refractivity contribution is -0.137. The first kappa shape index (κ1) is 14.0. The highest BCUT2D eigenvalue weighted by atomic mass is 19.4. The third-order valence-electron chi connectivity index (χ3n) is 3.23. The van der Waals surface area contributed by atoms with Gasteiger partial charge in [-0.05, 0) is 36.4 Å². The lowest BCUT2D eigenvalue weighted by atomic mass is 9.81. The van der Waals surface area contributed by atoms with Crippen LogP contribution in [-0.2, 0) is 12.6 Å². The van der Waals surface area contributed by atoms with Gasteiger partial charge in [-0.15, -0.1) is 0 Å². The molecule has 1 aromatic rings. The highest BCUT2D eigenvalue weighted by Gasteiger charge is 2.31. The van der Waals surface area contributed by atoms with E-state index in [0.717, 1.165) is 12.5 Å². The van der Waals surface area contributed by atoms with Crippen LogP contribution in [0.25, 0.3) is 0 Å². The summed E-state index contributed by atoms with van der Waals surface area (Å²) in [7, 11) is 0. The molecule has 17 heavy (non-hydrogen) atoms. The molecule has 0 saturated carbocycles. The van der Waals surface area contributed by atoms with E-state index < -0.39 is 11.7 Å². The van der Waals surface area contributed by atoms with Crippen LogP contribution < -0.4 is 5.73 Å². The first-order chi connectivity index (χ1) is 7.80. The van der Waals surface area contributed by atoms with E-state index in [2.05, 4.69) is 0 Å². The molecule has 0 spiro atoms. The van der Waals surface area contributed by atoms with Crippen LogP contribution in [0, 0.1) is 5.41 Å². The van der Waals surface area contributed by atoms with Crippen LogP contribution in [0.3, 0.4) is 0 Å². The lowest BCUT2D eigenvalue weighted by Gasteiger charge is -2.26. The summed E-state index contributed by atoms with van der Waals surface area (Å²) in [6.45, 7) is 4.47. The summed E-state index contributed by atoms with van der Waals surface area (Å²) in [6.07, 6.45) is -2.86. The van der Waals surface area contributed by atoms with Crippen molar-refractivity contribution in [2.75, 3.05) is 6.54 Å². The molecule has 0 saturated heterocycles. The molecule has 2 N–H and O–H groups in total. The molecule has 0 bridgehead atoms. The maximum Gasteiger partial charge on any atom is 0.416 e. The molecule has 1 rings (SSSR count). The molecule has 0 aliphatic carbocycles. The van der Waals surface area contributed by atoms with Crippen LogP contribution in [0.2, 0.25) is 0 Å². The zero-order valence-corrected chi connectivity index (χ0v) is 10.1. The second kappa shape index (κ2) is 5.08. The van der Waals surface area contributed by atoms with Crippen LogP contribution >= 0.6 is 0 Å². The Morgan fingerprint density at radius 2 is 1.88 bits per heavy atom. The van der Waals surface area contributed by atoms with Crippen molar-refractivity contribution in [3.8, 4) is 0 Å². The molecule has 1 atom stereocenters. The van der Waals surface area contributed by atoms with Gasteiger partial charge in [0.1, 0.15) is 0 Å². The fourth-order valence-corrected chi connectivity index (χ4v) is 1.69. The maximum atomic E-state index is 12.5. The Labute approximate surface area is 99.8 Å². The van der Waals surface area contributed by atoms with Gasteiger partial charge < -0.3 is 5.73 Å². The molecule has 0 aliphatic heterocycles. The molecule has 1 unspecified atom stereocenters. The number of hydrogen-bond donors (Lipinski definition) is 1. The summed E-state index contributed by atoms with van der Waals surface area (Å²) in [5.41, 5.74) is 5.63. The Hall–Kier alpha value is -1.03. The van der Waals surface area contributed by atoms with Crippen molar-refractivity contribution in [3.63, 3.8) is 0 Å². The fraction of sp³-hybridized carbons (Fsp3) is 0.538. The molecule has 1 nitrogen and oxygen atoms in total. The first-order valence-corrected chi connectivity index (χ1v) is 5.67. The number of rotatable bonds is 4. The van der Waals surface area contributed by atoms with Gasteiger partial charge in [0.2, 0.25) is 0 Å². The lowest BCUT2D eigenvalue weighted by Crippen LogP contribution is -2.28. The van der Waals surface area contributed by atoms with Crippen molar-refractivity contribution in [2.45, 2.75) is 32.9 Å². The van der Waals surface area contributed by atoms with Crippen molar-refractivity contribution in [1.82, 2.24) is 0 Å². The first-order valence-electron chi connectivity index (χ1n) is 5.67. The summed E-state index contributed by atoms with van der Waals surface area (Å²) in [6, 6.07) is 5.47. The Kier molecular flexibility index (Phi) is 4.20. The van der Waals surface area contributed by atoms with Crippen molar-refractivity contribution in [3.05, 3.63) is 35.4 Å². The SMILES string of the molecule is CCC(C)(CN)Cc1cccc(C(F)(F)F)c1. The van der Waals surface area contributed by atoms with E-state index in [1.165, 1.54) is 12.1 Å². The van der Waals surface area contributed by atoms with E-state index in [1.807, 2.05) is 13.8 Å². The monoisotopic (exact) mass is 245 g/mol. The fourth-order valence-electron chi connectivity index (χ4n) is 1.69. The van der Waals surface area contributed by atoms with Crippen molar-refractivity contribution >= 4 is 0 Å². The van der Waals surface area contributed by atoms with E-state index in [4.69, 9.17) is 5.73 Å². The molecule has 0 amide bonds. The Balaban J connectivity index is 2.93. The smallest absolute Gasteiger partial charge is 0.330 e. The second-order valence-corrected chi connectivity index (χ2v) is 4.74. The van der Waals surface area contributed by atoms with Crippen molar-refractivity contribution < 1.29 is 13.2 Å². The summed E-state index contributed by atoms with van der Waals surface area (Å²) in [4.78, 5) is 0. The zero-order valence-electron chi connectivity index (χ0n) is 10.1. The van der Waals surface area contributed by atoms with Crippen LogP contribution in [0.15, 0.2) is 24.3 Å². The predicted octanol–water partition coefficient (Wildman–Crippen LogP) is 3.62. The number of halogens is 3. The topological polar surface area (TPSA) is 26.0 Å². The minimum Gasteiger partial charge on any atom is -0.330 e. The van der Waals surface area contributed by atoms with E-state index in [-0.39, 0.29) is 5.41 Å². The van der Waals surface area contributed by atoms with Crippen molar-refractivity contribution in [2.24, 2.45) is 11.1 Å². The molecule has 0 heterocycles. The van der Waals surface area contributed by atoms with Gasteiger partial charge in [0.15, 0.2) is 0 Å². The highest BCUT2D eigenvalue weighted by molar-refractivity contribution is 5.26. The number of benzene rings is 1. The molecular formula is C13H18F3N. The summed E-state index contributed by atoms with van der Waals surface area (Å²) >= 11 is 0. The Morgan fingerprint density at radius 1 is 1.24 bits per heavy atom. The molecule has 96 valence electrons. The third-order valence-corrected chi connectivity index (χ3v) is 3.23. The molecule has 1 aromatic carbocycles. The number of alkyl halides is 3. The Bertz CT molecular complexity index is 367. The van der Waals surface area contributed by atoms with Gasteiger partial charge in [-0.3, -0.25) is 0 Å². The van der Waals surface area contributed by atoms with Gasteiger partial charge in [0, 0.05) is 0 Å². The Morgan fingerprint density at radius 3 is 2.35 bits per heavy atom. The molecule has 0 radical (unpaired) electrons. The van der Waals surface area contributed by atoms with E-state index in [1.54, 1.807) is 6.07 Å². The standard InChI is InChI=1S/C13H18F3N/c1-3-12(2,9-17)8-10-5-4-6-11(7-10)13(14,15)16/h4-7H,3,8-9,17H2,1-2H3.